The minimum Gasteiger partial charge on any atom is -0.494 e. The second kappa shape index (κ2) is 11.2. The zero-order valence-corrected chi connectivity index (χ0v) is 20.9. The van der Waals surface area contributed by atoms with E-state index in [0.29, 0.717) is 28.5 Å². The molecule has 5 rings (SSSR count). The molecule has 0 aliphatic carbocycles. The maximum atomic E-state index is 12.9. The predicted molar refractivity (Wildman–Crippen MR) is 144 cm³/mol. The van der Waals surface area contributed by atoms with Crippen molar-refractivity contribution in [3.05, 3.63) is 105 Å². The van der Waals surface area contributed by atoms with Crippen LogP contribution in [0, 0.1) is 0 Å². The third-order valence-corrected chi connectivity index (χ3v) is 6.70. The molecule has 182 valence electrons. The maximum absolute atomic E-state index is 12.9. The van der Waals surface area contributed by atoms with Crippen LogP contribution < -0.4 is 19.6 Å². The Balaban J connectivity index is 1.27. The third-order valence-electron chi connectivity index (χ3n) is 5.74. The minimum absolute atomic E-state index is 0.172. The molecule has 0 spiro atoms. The van der Waals surface area contributed by atoms with E-state index < -0.39 is 0 Å². The lowest BCUT2D eigenvalue weighted by Gasteiger charge is -2.06. The molecule has 0 amide bonds. The van der Waals surface area contributed by atoms with Crippen LogP contribution >= 0.6 is 11.3 Å². The summed E-state index contributed by atoms with van der Waals surface area (Å²) < 4.78 is 13.6. The van der Waals surface area contributed by atoms with Gasteiger partial charge in [-0.2, -0.15) is 9.50 Å². The van der Waals surface area contributed by atoms with E-state index in [0.717, 1.165) is 34.6 Å². The molecule has 5 aromatic rings. The third kappa shape index (κ3) is 5.63. The maximum Gasteiger partial charge on any atom is 0.291 e. The molecule has 0 fully saturated rings. The number of fused-ring (bicyclic) bond motifs is 1. The van der Waals surface area contributed by atoms with Gasteiger partial charge in [-0.1, -0.05) is 73.6 Å². The molecule has 0 unspecified atom stereocenters. The van der Waals surface area contributed by atoms with Gasteiger partial charge in [0.2, 0.25) is 4.96 Å². The summed E-state index contributed by atoms with van der Waals surface area (Å²) in [7, 11) is 0. The highest BCUT2D eigenvalue weighted by atomic mass is 32.1. The zero-order chi connectivity index (χ0) is 24.7. The molecule has 2 heterocycles. The summed E-state index contributed by atoms with van der Waals surface area (Å²) in [6, 6.07) is 25.4. The van der Waals surface area contributed by atoms with Gasteiger partial charge in [-0.25, -0.2) is 0 Å². The van der Waals surface area contributed by atoms with Gasteiger partial charge in [0.1, 0.15) is 18.1 Å². The first kappa shape index (κ1) is 23.8. The van der Waals surface area contributed by atoms with Gasteiger partial charge in [0.15, 0.2) is 5.82 Å². The molecule has 36 heavy (non-hydrogen) atoms. The van der Waals surface area contributed by atoms with Gasteiger partial charge in [-0.15, -0.1) is 5.10 Å². The molecule has 0 aliphatic heterocycles. The fourth-order valence-corrected chi connectivity index (χ4v) is 4.66. The van der Waals surface area contributed by atoms with Crippen LogP contribution in [0.2, 0.25) is 0 Å². The Morgan fingerprint density at radius 2 is 1.61 bits per heavy atom. The van der Waals surface area contributed by atoms with E-state index in [-0.39, 0.29) is 5.56 Å². The van der Waals surface area contributed by atoms with Crippen LogP contribution in [0.15, 0.2) is 83.7 Å². The molecule has 0 bridgehead atoms. The molecule has 0 saturated carbocycles. The Labute approximate surface area is 213 Å². The summed E-state index contributed by atoms with van der Waals surface area (Å²) in [5.74, 6) is 2.14. The van der Waals surface area contributed by atoms with Crippen molar-refractivity contribution >= 4 is 22.4 Å². The Morgan fingerprint density at radius 1 is 0.889 bits per heavy atom. The van der Waals surface area contributed by atoms with E-state index in [1.54, 1.807) is 0 Å². The van der Waals surface area contributed by atoms with Crippen LogP contribution in [-0.2, 0) is 6.61 Å². The van der Waals surface area contributed by atoms with Crippen molar-refractivity contribution in [1.82, 2.24) is 14.6 Å². The summed E-state index contributed by atoms with van der Waals surface area (Å²) in [4.78, 5) is 18.1. The fourth-order valence-electron chi connectivity index (χ4n) is 3.75. The highest BCUT2D eigenvalue weighted by Crippen LogP contribution is 2.21. The van der Waals surface area contributed by atoms with Crippen molar-refractivity contribution in [3.8, 4) is 22.9 Å². The van der Waals surface area contributed by atoms with Crippen molar-refractivity contribution in [2.45, 2.75) is 32.8 Å². The van der Waals surface area contributed by atoms with Crippen LogP contribution in [0.25, 0.3) is 22.4 Å². The van der Waals surface area contributed by atoms with Crippen molar-refractivity contribution in [2.24, 2.45) is 0 Å². The van der Waals surface area contributed by atoms with Crippen LogP contribution in [0.1, 0.15) is 37.3 Å². The fraction of sp³-hybridized carbons (Fsp3) is 0.207. The van der Waals surface area contributed by atoms with E-state index in [4.69, 9.17) is 9.47 Å². The zero-order valence-electron chi connectivity index (χ0n) is 20.1. The van der Waals surface area contributed by atoms with Crippen LogP contribution in [-0.4, -0.2) is 21.2 Å². The Hall–Kier alpha value is -3.97. The molecule has 7 heteroatoms. The number of rotatable bonds is 10. The molecule has 0 saturated heterocycles. The average Bonchev–Trinajstić information content (AvgIpc) is 3.46. The highest BCUT2D eigenvalue weighted by Gasteiger charge is 2.12. The van der Waals surface area contributed by atoms with E-state index in [1.807, 2.05) is 84.9 Å². The van der Waals surface area contributed by atoms with Crippen molar-refractivity contribution in [3.63, 3.8) is 0 Å². The molecule has 3 aromatic carbocycles. The summed E-state index contributed by atoms with van der Waals surface area (Å²) in [5, 5.41) is 4.45. The van der Waals surface area contributed by atoms with Gasteiger partial charge in [-0.3, -0.25) is 4.79 Å². The SMILES string of the molecule is CCCCCOc1ccc(-c2nc3s/c(=C/c4ccc(OCc5ccccc5)cc4)c(=O)n3n2)cc1. The lowest BCUT2D eigenvalue weighted by atomic mass is 10.2. The monoisotopic (exact) mass is 497 g/mol. The number of benzene rings is 3. The highest BCUT2D eigenvalue weighted by molar-refractivity contribution is 7.15. The largest absolute Gasteiger partial charge is 0.494 e. The molecule has 2 aromatic heterocycles. The minimum atomic E-state index is -0.172. The Morgan fingerprint density at radius 3 is 2.33 bits per heavy atom. The van der Waals surface area contributed by atoms with E-state index in [2.05, 4.69) is 17.0 Å². The smallest absolute Gasteiger partial charge is 0.291 e. The topological polar surface area (TPSA) is 65.7 Å². The Bertz CT molecular complexity index is 1530. The Kier molecular flexibility index (Phi) is 7.38. The first-order valence-electron chi connectivity index (χ1n) is 12.1. The quantitative estimate of drug-likeness (QED) is 0.238. The van der Waals surface area contributed by atoms with Crippen LogP contribution in [0.5, 0.6) is 11.5 Å². The van der Waals surface area contributed by atoms with Crippen LogP contribution in [0.3, 0.4) is 0 Å². The molecule has 0 atom stereocenters. The van der Waals surface area contributed by atoms with Crippen molar-refractivity contribution in [2.75, 3.05) is 6.61 Å². The number of hydrogen-bond donors (Lipinski definition) is 0. The van der Waals surface area contributed by atoms with Gasteiger partial charge >= 0.3 is 0 Å². The predicted octanol–water partition coefficient (Wildman–Crippen LogP) is 5.51. The van der Waals surface area contributed by atoms with Crippen molar-refractivity contribution in [1.29, 1.82) is 0 Å². The molecule has 0 aliphatic rings. The van der Waals surface area contributed by atoms with Crippen molar-refractivity contribution < 1.29 is 9.47 Å². The summed E-state index contributed by atoms with van der Waals surface area (Å²) >= 11 is 1.33. The number of unbranched alkanes of at least 4 members (excludes halogenated alkanes) is 2. The summed E-state index contributed by atoms with van der Waals surface area (Å²) in [6.07, 6.45) is 5.24. The summed E-state index contributed by atoms with van der Waals surface area (Å²) in [5.41, 5.74) is 2.71. The number of nitrogens with zero attached hydrogens (tertiary/aromatic N) is 3. The average molecular weight is 498 g/mol. The number of hydrogen-bond acceptors (Lipinski definition) is 6. The second-order valence-corrected chi connectivity index (χ2v) is 9.48. The second-order valence-electron chi connectivity index (χ2n) is 8.47. The molecule has 0 N–H and O–H groups in total. The normalized spacial score (nSPS) is 11.8. The first-order chi connectivity index (χ1) is 17.7. The van der Waals surface area contributed by atoms with E-state index in [1.165, 1.54) is 28.7 Å². The number of thiazole rings is 1. The number of ether oxygens (including phenoxy) is 2. The molecule has 0 radical (unpaired) electrons. The van der Waals surface area contributed by atoms with Gasteiger partial charge in [0, 0.05) is 5.56 Å². The standard InChI is InChI=1S/C29H27N3O3S/c1-2-3-7-18-34-24-16-12-23(13-17-24)27-30-29-32(31-27)28(33)26(36-29)19-21-10-14-25(15-11-21)35-20-22-8-5-4-6-9-22/h4-6,8-17,19H,2-3,7,18,20H2,1H3/b26-19+. The lowest BCUT2D eigenvalue weighted by molar-refractivity contribution is 0.306. The first-order valence-corrected chi connectivity index (χ1v) is 12.9. The van der Waals surface area contributed by atoms with Gasteiger partial charge in [-0.05, 0) is 60.0 Å². The van der Waals surface area contributed by atoms with Gasteiger partial charge < -0.3 is 9.47 Å². The van der Waals surface area contributed by atoms with Crippen LogP contribution in [0.4, 0.5) is 0 Å². The number of aromatic nitrogens is 3. The van der Waals surface area contributed by atoms with Gasteiger partial charge in [0.25, 0.3) is 5.56 Å². The summed E-state index contributed by atoms with van der Waals surface area (Å²) in [6.45, 7) is 3.40. The lowest BCUT2D eigenvalue weighted by Crippen LogP contribution is -2.23. The van der Waals surface area contributed by atoms with E-state index in [9.17, 15) is 4.79 Å². The molecular formula is C29H27N3O3S. The molecule has 6 nitrogen and oxygen atoms in total. The molecular weight excluding hydrogens is 470 g/mol. The van der Waals surface area contributed by atoms with Gasteiger partial charge in [0.05, 0.1) is 11.1 Å². The van der Waals surface area contributed by atoms with E-state index >= 15 is 0 Å².